The summed E-state index contributed by atoms with van der Waals surface area (Å²) in [6.45, 7) is 4.91. The topological polar surface area (TPSA) is 74.5 Å². The molecular formula is C14H17FN6. The summed E-state index contributed by atoms with van der Waals surface area (Å²) in [5.41, 5.74) is 7.83. The molecule has 0 spiro atoms. The highest BCUT2D eigenvalue weighted by Crippen LogP contribution is 2.22. The van der Waals surface area contributed by atoms with Gasteiger partial charge in [-0.25, -0.2) is 14.1 Å². The Labute approximate surface area is 121 Å². The van der Waals surface area contributed by atoms with E-state index in [-0.39, 0.29) is 11.9 Å². The van der Waals surface area contributed by atoms with E-state index in [9.17, 15) is 4.39 Å². The minimum absolute atomic E-state index is 0.171. The highest BCUT2D eigenvalue weighted by molar-refractivity contribution is 5.76. The molecule has 3 aromatic rings. The zero-order valence-electron chi connectivity index (χ0n) is 12.0. The smallest absolute Gasteiger partial charge is 0.132 e. The molecule has 2 N–H and O–H groups in total. The van der Waals surface area contributed by atoms with E-state index in [0.29, 0.717) is 13.1 Å². The van der Waals surface area contributed by atoms with Crippen LogP contribution in [0.15, 0.2) is 24.4 Å². The van der Waals surface area contributed by atoms with E-state index >= 15 is 0 Å². The summed E-state index contributed by atoms with van der Waals surface area (Å²) in [5, 5.41) is 7.99. The predicted octanol–water partition coefficient (Wildman–Crippen LogP) is 1.85. The van der Waals surface area contributed by atoms with Crippen LogP contribution in [0.4, 0.5) is 4.39 Å². The third-order valence-corrected chi connectivity index (χ3v) is 3.34. The van der Waals surface area contributed by atoms with Crippen LogP contribution in [0.3, 0.4) is 0 Å². The lowest BCUT2D eigenvalue weighted by Crippen LogP contribution is -2.11. The summed E-state index contributed by atoms with van der Waals surface area (Å²) in [7, 11) is 0. The molecule has 0 saturated carbocycles. The number of benzene rings is 1. The van der Waals surface area contributed by atoms with Gasteiger partial charge in [0.15, 0.2) is 0 Å². The van der Waals surface area contributed by atoms with Gasteiger partial charge in [-0.1, -0.05) is 5.21 Å². The fraction of sp³-hybridized carbons (Fsp3) is 0.357. The summed E-state index contributed by atoms with van der Waals surface area (Å²) < 4.78 is 17.2. The van der Waals surface area contributed by atoms with Gasteiger partial charge >= 0.3 is 0 Å². The number of hydrogen-bond acceptors (Lipinski definition) is 4. The maximum absolute atomic E-state index is 13.5. The Kier molecular flexibility index (Phi) is 3.42. The van der Waals surface area contributed by atoms with Gasteiger partial charge in [-0.05, 0) is 32.0 Å². The Morgan fingerprint density at radius 3 is 2.81 bits per heavy atom. The van der Waals surface area contributed by atoms with Crippen LogP contribution in [0.2, 0.25) is 0 Å². The van der Waals surface area contributed by atoms with Crippen LogP contribution in [-0.2, 0) is 13.1 Å². The Morgan fingerprint density at radius 1 is 1.33 bits per heavy atom. The number of fused-ring (bicyclic) bond motifs is 1. The van der Waals surface area contributed by atoms with Gasteiger partial charge in [0.25, 0.3) is 0 Å². The lowest BCUT2D eigenvalue weighted by molar-refractivity contribution is 0.542. The molecule has 0 radical (unpaired) electrons. The van der Waals surface area contributed by atoms with Crippen molar-refractivity contribution in [3.05, 3.63) is 41.7 Å². The fourth-order valence-corrected chi connectivity index (χ4v) is 2.46. The second-order valence-corrected chi connectivity index (χ2v) is 5.24. The Hall–Kier alpha value is -2.28. The van der Waals surface area contributed by atoms with Crippen molar-refractivity contribution in [3.63, 3.8) is 0 Å². The molecule has 0 aliphatic carbocycles. The van der Waals surface area contributed by atoms with Crippen LogP contribution in [0, 0.1) is 5.82 Å². The average Bonchev–Trinajstić information content (AvgIpc) is 3.02. The van der Waals surface area contributed by atoms with Gasteiger partial charge in [-0.3, -0.25) is 0 Å². The number of hydrogen-bond donors (Lipinski definition) is 1. The van der Waals surface area contributed by atoms with E-state index in [4.69, 9.17) is 5.73 Å². The average molecular weight is 288 g/mol. The summed E-state index contributed by atoms with van der Waals surface area (Å²) in [6, 6.07) is 4.80. The number of halogens is 1. The van der Waals surface area contributed by atoms with E-state index in [1.54, 1.807) is 16.9 Å². The van der Waals surface area contributed by atoms with Crippen molar-refractivity contribution in [1.29, 1.82) is 0 Å². The monoisotopic (exact) mass is 288 g/mol. The third-order valence-electron chi connectivity index (χ3n) is 3.34. The molecule has 110 valence electrons. The lowest BCUT2D eigenvalue weighted by atomic mass is 10.3. The van der Waals surface area contributed by atoms with E-state index in [0.717, 1.165) is 22.6 Å². The van der Waals surface area contributed by atoms with Crippen LogP contribution in [0.5, 0.6) is 0 Å². The van der Waals surface area contributed by atoms with Crippen molar-refractivity contribution in [2.45, 2.75) is 33.0 Å². The second-order valence-electron chi connectivity index (χ2n) is 5.24. The van der Waals surface area contributed by atoms with Gasteiger partial charge < -0.3 is 10.3 Å². The molecule has 2 heterocycles. The maximum Gasteiger partial charge on any atom is 0.132 e. The van der Waals surface area contributed by atoms with Crippen LogP contribution in [0.1, 0.15) is 31.4 Å². The first-order chi connectivity index (χ1) is 10.1. The standard InChI is InChI=1S/C14H17FN6/c1-9(2)21-13-5-10(15)3-4-12(13)17-14(21)8-20-7-11(6-16)18-19-20/h3-5,7,9H,6,8,16H2,1-2H3. The molecule has 3 rings (SSSR count). The van der Waals surface area contributed by atoms with E-state index in [2.05, 4.69) is 15.3 Å². The van der Waals surface area contributed by atoms with Crippen molar-refractivity contribution < 1.29 is 4.39 Å². The molecule has 6 nitrogen and oxygen atoms in total. The fourth-order valence-electron chi connectivity index (χ4n) is 2.46. The lowest BCUT2D eigenvalue weighted by Gasteiger charge is -2.12. The highest BCUT2D eigenvalue weighted by atomic mass is 19.1. The molecular weight excluding hydrogens is 271 g/mol. The second kappa shape index (κ2) is 5.25. The minimum atomic E-state index is -0.262. The summed E-state index contributed by atoms with van der Waals surface area (Å²) in [6.07, 6.45) is 1.80. The van der Waals surface area contributed by atoms with Crippen LogP contribution >= 0.6 is 0 Å². The first kappa shape index (κ1) is 13.7. The van der Waals surface area contributed by atoms with Gasteiger partial charge in [-0.15, -0.1) is 5.10 Å². The molecule has 1 aromatic carbocycles. The minimum Gasteiger partial charge on any atom is -0.325 e. The van der Waals surface area contributed by atoms with Gasteiger partial charge in [0.1, 0.15) is 18.2 Å². The summed E-state index contributed by atoms with van der Waals surface area (Å²) in [5.74, 6) is 0.557. The number of aromatic nitrogens is 5. The van der Waals surface area contributed by atoms with Gasteiger partial charge in [0.05, 0.1) is 22.9 Å². The number of nitrogens with two attached hydrogens (primary N) is 1. The predicted molar refractivity (Wildman–Crippen MR) is 77.1 cm³/mol. The molecule has 0 saturated heterocycles. The molecule has 21 heavy (non-hydrogen) atoms. The number of nitrogens with zero attached hydrogens (tertiary/aromatic N) is 5. The van der Waals surface area contributed by atoms with E-state index in [1.807, 2.05) is 18.4 Å². The zero-order valence-corrected chi connectivity index (χ0v) is 12.0. The van der Waals surface area contributed by atoms with Crippen molar-refractivity contribution in [1.82, 2.24) is 24.5 Å². The Bertz CT molecular complexity index is 773. The van der Waals surface area contributed by atoms with Crippen molar-refractivity contribution in [3.8, 4) is 0 Å². The maximum atomic E-state index is 13.5. The van der Waals surface area contributed by atoms with Crippen molar-refractivity contribution >= 4 is 11.0 Å². The van der Waals surface area contributed by atoms with E-state index < -0.39 is 0 Å². The normalized spacial score (nSPS) is 11.7. The Morgan fingerprint density at radius 2 is 2.14 bits per heavy atom. The Balaban J connectivity index is 2.06. The number of imidazole rings is 1. The molecule has 0 fully saturated rings. The first-order valence-corrected chi connectivity index (χ1v) is 6.84. The molecule has 0 aliphatic rings. The van der Waals surface area contributed by atoms with Crippen molar-refractivity contribution in [2.75, 3.05) is 0 Å². The summed E-state index contributed by atoms with van der Waals surface area (Å²) in [4.78, 5) is 4.58. The van der Waals surface area contributed by atoms with E-state index in [1.165, 1.54) is 12.1 Å². The molecule has 2 aromatic heterocycles. The molecule has 0 aliphatic heterocycles. The van der Waals surface area contributed by atoms with Crippen LogP contribution in [-0.4, -0.2) is 24.5 Å². The largest absolute Gasteiger partial charge is 0.325 e. The quantitative estimate of drug-likeness (QED) is 0.795. The molecule has 0 amide bonds. The van der Waals surface area contributed by atoms with Gasteiger partial charge in [-0.2, -0.15) is 0 Å². The molecule has 7 heteroatoms. The van der Waals surface area contributed by atoms with Crippen LogP contribution in [0.25, 0.3) is 11.0 Å². The van der Waals surface area contributed by atoms with Gasteiger partial charge in [0.2, 0.25) is 0 Å². The third kappa shape index (κ3) is 2.52. The van der Waals surface area contributed by atoms with Gasteiger partial charge in [0, 0.05) is 12.6 Å². The van der Waals surface area contributed by atoms with Crippen molar-refractivity contribution in [2.24, 2.45) is 5.73 Å². The number of rotatable bonds is 4. The SMILES string of the molecule is CC(C)n1c(Cn2cc(CN)nn2)nc2ccc(F)cc21. The first-order valence-electron chi connectivity index (χ1n) is 6.84. The summed E-state index contributed by atoms with van der Waals surface area (Å²) >= 11 is 0. The molecule has 0 atom stereocenters. The zero-order chi connectivity index (χ0) is 15.0. The van der Waals surface area contributed by atoms with Crippen LogP contribution < -0.4 is 5.73 Å². The molecule has 0 unspecified atom stereocenters. The molecule has 0 bridgehead atoms. The highest BCUT2D eigenvalue weighted by Gasteiger charge is 2.15.